The molecule has 3 aromatic rings. The van der Waals surface area contributed by atoms with Crippen LogP contribution in [0.1, 0.15) is 12.0 Å². The quantitative estimate of drug-likeness (QED) is 0.526. The number of imide groups is 1. The lowest BCUT2D eigenvalue weighted by Gasteiger charge is -2.18. The van der Waals surface area contributed by atoms with Crippen molar-refractivity contribution >= 4 is 61.3 Å². The van der Waals surface area contributed by atoms with Crippen molar-refractivity contribution in [3.8, 4) is 0 Å². The molecule has 160 valence electrons. The van der Waals surface area contributed by atoms with Gasteiger partial charge >= 0.3 is 0 Å². The number of amides is 2. The monoisotopic (exact) mass is 476 g/mol. The first-order chi connectivity index (χ1) is 14.8. The molecule has 1 saturated heterocycles. The molecule has 1 fully saturated rings. The summed E-state index contributed by atoms with van der Waals surface area (Å²) in [6.45, 7) is 1.75. The minimum absolute atomic E-state index is 0.0174. The van der Waals surface area contributed by atoms with Gasteiger partial charge in [0.25, 0.3) is 15.9 Å². The Morgan fingerprint density at radius 2 is 1.90 bits per heavy atom. The zero-order valence-electron chi connectivity index (χ0n) is 16.2. The predicted molar refractivity (Wildman–Crippen MR) is 120 cm³/mol. The maximum absolute atomic E-state index is 12.9. The maximum atomic E-state index is 12.9. The Bertz CT molecular complexity index is 1240. The molecule has 0 aliphatic carbocycles. The van der Waals surface area contributed by atoms with Crippen LogP contribution >= 0.6 is 22.9 Å². The highest BCUT2D eigenvalue weighted by molar-refractivity contribution is 7.93. The zero-order valence-corrected chi connectivity index (χ0v) is 18.6. The van der Waals surface area contributed by atoms with Gasteiger partial charge in [0.2, 0.25) is 5.91 Å². The first-order valence-corrected chi connectivity index (χ1v) is 11.9. The van der Waals surface area contributed by atoms with Gasteiger partial charge in [0.15, 0.2) is 5.13 Å². The highest BCUT2D eigenvalue weighted by Gasteiger charge is 2.40. The summed E-state index contributed by atoms with van der Waals surface area (Å²) in [5, 5.41) is 5.42. The van der Waals surface area contributed by atoms with Gasteiger partial charge in [0.05, 0.1) is 17.0 Å². The fourth-order valence-corrected chi connectivity index (χ4v) is 5.17. The Balaban J connectivity index is 1.49. The van der Waals surface area contributed by atoms with Gasteiger partial charge in [-0.1, -0.05) is 17.7 Å². The highest BCUT2D eigenvalue weighted by Crippen LogP contribution is 2.31. The van der Waals surface area contributed by atoms with Gasteiger partial charge < -0.3 is 5.32 Å². The van der Waals surface area contributed by atoms with Crippen molar-refractivity contribution in [1.29, 1.82) is 0 Å². The van der Waals surface area contributed by atoms with Crippen LogP contribution in [0, 0.1) is 6.92 Å². The van der Waals surface area contributed by atoms with Crippen molar-refractivity contribution in [2.75, 3.05) is 14.9 Å². The minimum atomic E-state index is -3.77. The molecule has 1 aromatic heterocycles. The SMILES string of the molecule is Cc1c(Cl)cccc1N1C(=O)C[C@H](Nc2ccc(S(=O)(=O)Nc3nccs3)cc2)C1=O. The molecule has 2 N–H and O–H groups in total. The third-order valence-electron chi connectivity index (χ3n) is 4.79. The molecule has 2 amide bonds. The number of nitrogens with one attached hydrogen (secondary N) is 2. The molecule has 0 bridgehead atoms. The average Bonchev–Trinajstić information content (AvgIpc) is 3.32. The van der Waals surface area contributed by atoms with Gasteiger partial charge in [-0.05, 0) is 48.9 Å². The van der Waals surface area contributed by atoms with Crippen molar-refractivity contribution < 1.29 is 18.0 Å². The first kappa shape index (κ1) is 21.3. The van der Waals surface area contributed by atoms with Crippen molar-refractivity contribution in [2.24, 2.45) is 0 Å². The number of aromatic nitrogens is 1. The topological polar surface area (TPSA) is 108 Å². The van der Waals surface area contributed by atoms with Crippen LogP contribution in [0.15, 0.2) is 58.9 Å². The molecule has 1 aliphatic heterocycles. The van der Waals surface area contributed by atoms with Crippen LogP contribution in [0.3, 0.4) is 0 Å². The Hall–Kier alpha value is -2.95. The summed E-state index contributed by atoms with van der Waals surface area (Å²) >= 11 is 7.30. The van der Waals surface area contributed by atoms with E-state index >= 15 is 0 Å². The summed E-state index contributed by atoms with van der Waals surface area (Å²) in [5.74, 6) is -0.725. The summed E-state index contributed by atoms with van der Waals surface area (Å²) in [6.07, 6.45) is 1.49. The Morgan fingerprint density at radius 3 is 2.58 bits per heavy atom. The van der Waals surface area contributed by atoms with Gasteiger partial charge in [0, 0.05) is 22.3 Å². The fraction of sp³-hybridized carbons (Fsp3) is 0.150. The molecule has 8 nitrogen and oxygen atoms in total. The van der Waals surface area contributed by atoms with Crippen LogP contribution < -0.4 is 14.9 Å². The van der Waals surface area contributed by atoms with E-state index in [0.29, 0.717) is 22.0 Å². The van der Waals surface area contributed by atoms with Crippen LogP contribution in [0.2, 0.25) is 5.02 Å². The van der Waals surface area contributed by atoms with Crippen LogP contribution in [0.4, 0.5) is 16.5 Å². The Labute approximate surface area is 187 Å². The number of halogens is 1. The van der Waals surface area contributed by atoms with E-state index in [1.165, 1.54) is 29.7 Å². The summed E-state index contributed by atoms with van der Waals surface area (Å²) in [6, 6.07) is 10.2. The lowest BCUT2D eigenvalue weighted by atomic mass is 10.2. The summed E-state index contributed by atoms with van der Waals surface area (Å²) in [5.41, 5.74) is 1.62. The van der Waals surface area contributed by atoms with E-state index in [-0.39, 0.29) is 22.4 Å². The second-order valence-corrected chi connectivity index (χ2v) is 9.80. The molecule has 4 rings (SSSR count). The van der Waals surface area contributed by atoms with Crippen LogP contribution in [0.25, 0.3) is 0 Å². The molecule has 31 heavy (non-hydrogen) atoms. The molecular formula is C20H17ClN4O4S2. The smallest absolute Gasteiger partial charge is 0.263 e. The van der Waals surface area contributed by atoms with Crippen molar-refractivity contribution in [3.63, 3.8) is 0 Å². The standard InChI is InChI=1S/C20H17ClN4O4S2/c1-12-15(21)3-2-4-17(12)25-18(26)11-16(19(25)27)23-13-5-7-14(8-6-13)31(28,29)24-20-22-9-10-30-20/h2-10,16,23H,11H2,1H3,(H,22,24)/t16-/m0/s1. The molecule has 2 heterocycles. The average molecular weight is 477 g/mol. The van der Waals surface area contributed by atoms with E-state index in [4.69, 9.17) is 11.6 Å². The van der Waals surface area contributed by atoms with Crippen molar-refractivity contribution in [3.05, 3.63) is 64.6 Å². The van der Waals surface area contributed by atoms with Crippen molar-refractivity contribution in [2.45, 2.75) is 24.3 Å². The Morgan fingerprint density at radius 1 is 1.16 bits per heavy atom. The van der Waals surface area contributed by atoms with Gasteiger partial charge in [-0.3, -0.25) is 14.3 Å². The minimum Gasteiger partial charge on any atom is -0.373 e. The molecule has 1 atom stereocenters. The largest absolute Gasteiger partial charge is 0.373 e. The second kappa shape index (κ2) is 8.29. The number of hydrogen-bond acceptors (Lipinski definition) is 7. The molecular weight excluding hydrogens is 460 g/mol. The summed E-state index contributed by atoms with van der Waals surface area (Å²) in [4.78, 5) is 30.5. The number of sulfonamides is 1. The molecule has 0 radical (unpaired) electrons. The fourth-order valence-electron chi connectivity index (χ4n) is 3.22. The van der Waals surface area contributed by atoms with Crippen LogP contribution in [-0.2, 0) is 19.6 Å². The van der Waals surface area contributed by atoms with E-state index in [0.717, 1.165) is 4.90 Å². The number of benzene rings is 2. The molecule has 0 unspecified atom stereocenters. The molecule has 11 heteroatoms. The lowest BCUT2D eigenvalue weighted by Crippen LogP contribution is -2.35. The van der Waals surface area contributed by atoms with Gasteiger partial charge in [-0.2, -0.15) is 0 Å². The number of carbonyl (C=O) groups is 2. The van der Waals surface area contributed by atoms with Crippen LogP contribution in [0.5, 0.6) is 0 Å². The van der Waals surface area contributed by atoms with E-state index in [1.807, 2.05) is 0 Å². The number of thiazole rings is 1. The predicted octanol–water partition coefficient (Wildman–Crippen LogP) is 3.65. The molecule has 2 aromatic carbocycles. The van der Waals surface area contributed by atoms with Gasteiger partial charge in [-0.25, -0.2) is 18.3 Å². The second-order valence-electron chi connectivity index (χ2n) is 6.82. The number of rotatable bonds is 6. The molecule has 1 aliphatic rings. The van der Waals surface area contributed by atoms with Crippen LogP contribution in [-0.4, -0.2) is 31.3 Å². The third-order valence-corrected chi connectivity index (χ3v) is 7.37. The Kier molecular flexibility index (Phi) is 5.69. The van der Waals surface area contributed by atoms with Crippen molar-refractivity contribution in [1.82, 2.24) is 4.98 Å². The molecule has 0 saturated carbocycles. The number of carbonyl (C=O) groups excluding carboxylic acids is 2. The highest BCUT2D eigenvalue weighted by atomic mass is 35.5. The van der Waals surface area contributed by atoms with E-state index in [9.17, 15) is 18.0 Å². The number of nitrogens with zero attached hydrogens (tertiary/aromatic N) is 2. The molecule has 0 spiro atoms. The van der Waals surface area contributed by atoms with Gasteiger partial charge in [0.1, 0.15) is 6.04 Å². The number of hydrogen-bond donors (Lipinski definition) is 2. The third kappa shape index (κ3) is 4.27. The van der Waals surface area contributed by atoms with Gasteiger partial charge in [-0.15, -0.1) is 11.3 Å². The zero-order chi connectivity index (χ0) is 22.2. The van der Waals surface area contributed by atoms with E-state index in [2.05, 4.69) is 15.0 Å². The normalized spacial score (nSPS) is 16.6. The first-order valence-electron chi connectivity index (χ1n) is 9.17. The number of anilines is 3. The summed E-state index contributed by atoms with van der Waals surface area (Å²) in [7, 11) is -3.77. The maximum Gasteiger partial charge on any atom is 0.263 e. The summed E-state index contributed by atoms with van der Waals surface area (Å²) < 4.78 is 27.3. The van der Waals surface area contributed by atoms with E-state index < -0.39 is 22.0 Å². The van der Waals surface area contributed by atoms with E-state index in [1.54, 1.807) is 42.6 Å². The lowest BCUT2D eigenvalue weighted by molar-refractivity contribution is -0.121.